The van der Waals surface area contributed by atoms with Gasteiger partial charge < -0.3 is 9.47 Å². The van der Waals surface area contributed by atoms with E-state index in [0.29, 0.717) is 5.78 Å². The number of aryl methyl sites for hydroxylation is 1. The van der Waals surface area contributed by atoms with Crippen LogP contribution in [-0.2, 0) is 0 Å². The Bertz CT molecular complexity index is 745. The molecule has 90 valence electrons. The van der Waals surface area contributed by atoms with Crippen molar-refractivity contribution in [2.45, 2.75) is 6.92 Å². The van der Waals surface area contributed by atoms with Gasteiger partial charge in [-0.05, 0) is 25.1 Å². The molecule has 1 aliphatic rings. The minimum Gasteiger partial charge on any atom is -0.454 e. The molecule has 0 fully saturated rings. The van der Waals surface area contributed by atoms with E-state index in [9.17, 15) is 0 Å². The predicted octanol–water partition coefficient (Wildman–Crippen LogP) is 1.16. The second-order valence-corrected chi connectivity index (χ2v) is 4.02. The van der Waals surface area contributed by atoms with Gasteiger partial charge in [0.25, 0.3) is 5.78 Å². The highest BCUT2D eigenvalue weighted by molar-refractivity contribution is 5.62. The molecular weight excluding hydrogens is 234 g/mol. The Labute approximate surface area is 101 Å². The molecular formula is C11H9N5O2. The standard InChI is InChI=1S/C11H9N5O2/c1-6-13-14-11-12-10(15-16(6)11)7-2-3-8-9(4-7)18-5-17-8/h2-4H,5H2,1H3,(H,12,14,15). The molecule has 4 rings (SSSR count). The Hall–Kier alpha value is -2.57. The maximum atomic E-state index is 5.34. The Morgan fingerprint density at radius 1 is 1.22 bits per heavy atom. The second kappa shape index (κ2) is 3.22. The molecule has 1 aromatic carbocycles. The number of nitrogens with one attached hydrogen (secondary N) is 1. The van der Waals surface area contributed by atoms with Gasteiger partial charge in [-0.15, -0.1) is 10.2 Å². The number of ether oxygens (including phenoxy) is 2. The average Bonchev–Trinajstić information content (AvgIpc) is 3.05. The third kappa shape index (κ3) is 1.21. The predicted molar refractivity (Wildman–Crippen MR) is 61.4 cm³/mol. The molecule has 0 saturated heterocycles. The zero-order valence-electron chi connectivity index (χ0n) is 9.54. The quantitative estimate of drug-likeness (QED) is 0.693. The fraction of sp³-hybridized carbons (Fsp3) is 0.182. The van der Waals surface area contributed by atoms with Gasteiger partial charge in [-0.3, -0.25) is 5.10 Å². The van der Waals surface area contributed by atoms with Crippen LogP contribution in [0.15, 0.2) is 18.2 Å². The van der Waals surface area contributed by atoms with Crippen molar-refractivity contribution in [1.82, 2.24) is 24.8 Å². The molecule has 0 saturated carbocycles. The summed E-state index contributed by atoms with van der Waals surface area (Å²) in [5, 5.41) is 11.0. The summed E-state index contributed by atoms with van der Waals surface area (Å²) in [6.07, 6.45) is 0. The molecule has 3 aromatic rings. The fourth-order valence-corrected chi connectivity index (χ4v) is 1.96. The minimum absolute atomic E-state index is 0.267. The number of benzene rings is 1. The van der Waals surface area contributed by atoms with E-state index in [0.717, 1.165) is 28.7 Å². The Balaban J connectivity index is 1.86. The van der Waals surface area contributed by atoms with Crippen molar-refractivity contribution in [3.05, 3.63) is 24.0 Å². The zero-order chi connectivity index (χ0) is 12.1. The summed E-state index contributed by atoms with van der Waals surface area (Å²) >= 11 is 0. The van der Waals surface area contributed by atoms with Crippen LogP contribution in [0.25, 0.3) is 17.2 Å². The van der Waals surface area contributed by atoms with Crippen LogP contribution >= 0.6 is 0 Å². The minimum atomic E-state index is 0.267. The Morgan fingerprint density at radius 2 is 2.11 bits per heavy atom. The SMILES string of the molecule is Cc1nnc2nc(-c3ccc4c(c3)OCO4)[nH]n12. The number of aromatic amines is 1. The normalized spacial score (nSPS) is 13.4. The van der Waals surface area contributed by atoms with Gasteiger partial charge in [0.05, 0.1) is 0 Å². The molecule has 7 nitrogen and oxygen atoms in total. The molecule has 0 aliphatic carbocycles. The van der Waals surface area contributed by atoms with Gasteiger partial charge in [0.1, 0.15) is 0 Å². The summed E-state index contributed by atoms with van der Waals surface area (Å²) in [5.74, 6) is 3.54. The number of hydrogen-bond acceptors (Lipinski definition) is 5. The zero-order valence-corrected chi connectivity index (χ0v) is 9.54. The molecule has 2 aromatic heterocycles. The summed E-state index contributed by atoms with van der Waals surface area (Å²) in [4.78, 5) is 4.37. The van der Waals surface area contributed by atoms with Crippen LogP contribution in [0.4, 0.5) is 0 Å². The van der Waals surface area contributed by atoms with E-state index in [4.69, 9.17) is 9.47 Å². The number of H-pyrrole nitrogens is 1. The number of nitrogens with zero attached hydrogens (tertiary/aromatic N) is 4. The van der Waals surface area contributed by atoms with Crippen LogP contribution in [-0.4, -0.2) is 31.6 Å². The summed E-state index contributed by atoms with van der Waals surface area (Å²) in [6.45, 7) is 2.13. The van der Waals surface area contributed by atoms with Crippen molar-refractivity contribution in [3.63, 3.8) is 0 Å². The summed E-state index contributed by atoms with van der Waals surface area (Å²) < 4.78 is 12.3. The van der Waals surface area contributed by atoms with Crippen molar-refractivity contribution in [3.8, 4) is 22.9 Å². The second-order valence-electron chi connectivity index (χ2n) is 4.02. The fourth-order valence-electron chi connectivity index (χ4n) is 1.96. The maximum Gasteiger partial charge on any atom is 0.272 e. The summed E-state index contributed by atoms with van der Waals surface area (Å²) in [5.41, 5.74) is 0.921. The van der Waals surface area contributed by atoms with Gasteiger partial charge in [-0.25, -0.2) is 4.52 Å². The van der Waals surface area contributed by atoms with Crippen LogP contribution < -0.4 is 9.47 Å². The molecule has 1 N–H and O–H groups in total. The molecule has 7 heteroatoms. The third-order valence-corrected chi connectivity index (χ3v) is 2.88. The topological polar surface area (TPSA) is 77.3 Å². The van der Waals surface area contributed by atoms with Crippen molar-refractivity contribution >= 4 is 5.78 Å². The number of fused-ring (bicyclic) bond motifs is 2. The van der Waals surface area contributed by atoms with E-state index in [-0.39, 0.29) is 6.79 Å². The third-order valence-electron chi connectivity index (χ3n) is 2.88. The van der Waals surface area contributed by atoms with Crippen LogP contribution in [0.5, 0.6) is 11.5 Å². The molecule has 0 unspecified atom stereocenters. The highest BCUT2D eigenvalue weighted by atomic mass is 16.7. The lowest BCUT2D eigenvalue weighted by Crippen LogP contribution is -1.92. The van der Waals surface area contributed by atoms with Gasteiger partial charge in [-0.2, -0.15) is 4.98 Å². The van der Waals surface area contributed by atoms with E-state index >= 15 is 0 Å². The van der Waals surface area contributed by atoms with E-state index in [1.165, 1.54) is 0 Å². The van der Waals surface area contributed by atoms with Crippen LogP contribution in [0, 0.1) is 6.92 Å². The van der Waals surface area contributed by atoms with Crippen molar-refractivity contribution in [2.75, 3.05) is 6.79 Å². The summed E-state index contributed by atoms with van der Waals surface area (Å²) in [6, 6.07) is 5.69. The van der Waals surface area contributed by atoms with E-state index in [1.54, 1.807) is 4.52 Å². The lowest BCUT2D eigenvalue weighted by molar-refractivity contribution is 0.174. The average molecular weight is 243 g/mol. The van der Waals surface area contributed by atoms with E-state index in [1.807, 2.05) is 25.1 Å². The molecule has 0 amide bonds. The molecule has 3 heterocycles. The number of aromatic nitrogens is 5. The smallest absolute Gasteiger partial charge is 0.272 e. The van der Waals surface area contributed by atoms with Gasteiger partial charge >= 0.3 is 0 Å². The lowest BCUT2D eigenvalue weighted by atomic mass is 10.2. The van der Waals surface area contributed by atoms with Gasteiger partial charge in [0.2, 0.25) is 6.79 Å². The number of hydrogen-bond donors (Lipinski definition) is 1. The van der Waals surface area contributed by atoms with Crippen LogP contribution in [0.3, 0.4) is 0 Å². The molecule has 0 atom stereocenters. The van der Waals surface area contributed by atoms with Crippen LogP contribution in [0.2, 0.25) is 0 Å². The Morgan fingerprint density at radius 3 is 3.00 bits per heavy atom. The highest BCUT2D eigenvalue weighted by Gasteiger charge is 2.16. The maximum absolute atomic E-state index is 5.34. The molecule has 0 spiro atoms. The first-order valence-electron chi connectivity index (χ1n) is 5.49. The first kappa shape index (κ1) is 9.46. The molecule has 1 aliphatic heterocycles. The molecule has 0 radical (unpaired) electrons. The summed E-state index contributed by atoms with van der Waals surface area (Å²) in [7, 11) is 0. The van der Waals surface area contributed by atoms with Gasteiger partial charge in [-0.1, -0.05) is 0 Å². The Kier molecular flexibility index (Phi) is 1.69. The first-order chi connectivity index (χ1) is 8.81. The van der Waals surface area contributed by atoms with E-state index < -0.39 is 0 Å². The van der Waals surface area contributed by atoms with Crippen molar-refractivity contribution in [1.29, 1.82) is 0 Å². The van der Waals surface area contributed by atoms with Crippen molar-refractivity contribution in [2.24, 2.45) is 0 Å². The number of rotatable bonds is 1. The van der Waals surface area contributed by atoms with Crippen LogP contribution in [0.1, 0.15) is 5.82 Å². The monoisotopic (exact) mass is 243 g/mol. The highest BCUT2D eigenvalue weighted by Crippen LogP contribution is 2.35. The first-order valence-corrected chi connectivity index (χ1v) is 5.49. The molecule has 0 bridgehead atoms. The van der Waals surface area contributed by atoms with Crippen molar-refractivity contribution < 1.29 is 9.47 Å². The largest absolute Gasteiger partial charge is 0.454 e. The lowest BCUT2D eigenvalue weighted by Gasteiger charge is -1.99. The van der Waals surface area contributed by atoms with E-state index in [2.05, 4.69) is 20.3 Å². The van der Waals surface area contributed by atoms with Gasteiger partial charge in [0.15, 0.2) is 23.1 Å². The molecule has 18 heavy (non-hydrogen) atoms. The van der Waals surface area contributed by atoms with Gasteiger partial charge in [0, 0.05) is 5.56 Å².